The largest absolute Gasteiger partial charge is 0.378 e. The van der Waals surface area contributed by atoms with Crippen LogP contribution >= 0.6 is 11.6 Å². The number of benzene rings is 3. The van der Waals surface area contributed by atoms with Gasteiger partial charge < -0.3 is 15.0 Å². The van der Waals surface area contributed by atoms with Crippen molar-refractivity contribution < 1.29 is 17.9 Å². The molecule has 9 heteroatoms. The molecular formula is C24H24ClN3O4S. The highest BCUT2D eigenvalue weighted by atomic mass is 35.5. The Labute approximate surface area is 198 Å². The monoisotopic (exact) mass is 485 g/mol. The fourth-order valence-corrected chi connectivity index (χ4v) is 5.03. The van der Waals surface area contributed by atoms with Gasteiger partial charge in [0.25, 0.3) is 15.9 Å². The molecule has 4 rings (SSSR count). The van der Waals surface area contributed by atoms with Gasteiger partial charge in [-0.15, -0.1) is 0 Å². The first-order valence-electron chi connectivity index (χ1n) is 10.3. The number of carbonyl (C=O) groups excluding carboxylic acids is 1. The first-order valence-corrected chi connectivity index (χ1v) is 12.3. The van der Waals surface area contributed by atoms with E-state index in [-0.39, 0.29) is 18.4 Å². The molecule has 7 nitrogen and oxygen atoms in total. The molecule has 1 N–H and O–H groups in total. The summed E-state index contributed by atoms with van der Waals surface area (Å²) in [5, 5.41) is 3.47. The lowest BCUT2D eigenvalue weighted by Gasteiger charge is -2.28. The van der Waals surface area contributed by atoms with Gasteiger partial charge >= 0.3 is 0 Å². The number of hydrogen-bond donors (Lipinski definition) is 1. The highest BCUT2D eigenvalue weighted by Gasteiger charge is 2.26. The van der Waals surface area contributed by atoms with Crippen molar-refractivity contribution in [3.8, 4) is 11.1 Å². The quantitative estimate of drug-likeness (QED) is 0.577. The number of hydrogen-bond acceptors (Lipinski definition) is 5. The minimum absolute atomic E-state index is 0.247. The lowest BCUT2D eigenvalue weighted by Crippen LogP contribution is -2.41. The maximum absolute atomic E-state index is 12.8. The van der Waals surface area contributed by atoms with Gasteiger partial charge in [-0.05, 0) is 60.2 Å². The smallest absolute Gasteiger partial charge is 0.259 e. The van der Waals surface area contributed by atoms with Crippen molar-refractivity contribution in [2.45, 2.75) is 0 Å². The number of nitrogens with one attached hydrogen (secondary N) is 1. The molecule has 0 aromatic heterocycles. The van der Waals surface area contributed by atoms with Gasteiger partial charge in [0.1, 0.15) is 0 Å². The Kier molecular flexibility index (Phi) is 6.60. The predicted molar refractivity (Wildman–Crippen MR) is 133 cm³/mol. The second-order valence-corrected chi connectivity index (χ2v) is 10.1. The van der Waals surface area contributed by atoms with E-state index in [1.807, 2.05) is 49.3 Å². The summed E-state index contributed by atoms with van der Waals surface area (Å²) in [6.07, 6.45) is 0. The number of amides is 1. The van der Waals surface area contributed by atoms with E-state index < -0.39 is 10.0 Å². The van der Waals surface area contributed by atoms with E-state index >= 15 is 0 Å². The summed E-state index contributed by atoms with van der Waals surface area (Å²) in [6.45, 7) is 0.579. The third kappa shape index (κ3) is 5.13. The van der Waals surface area contributed by atoms with Crippen LogP contribution in [-0.2, 0) is 14.8 Å². The normalized spacial score (nSPS) is 15.2. The molecule has 1 amide bonds. The van der Waals surface area contributed by atoms with Crippen molar-refractivity contribution in [2.75, 3.05) is 47.7 Å². The van der Waals surface area contributed by atoms with E-state index in [0.29, 0.717) is 28.6 Å². The number of sulfonamides is 1. The third-order valence-electron chi connectivity index (χ3n) is 5.34. The average Bonchev–Trinajstić information content (AvgIpc) is 2.80. The fourth-order valence-electron chi connectivity index (χ4n) is 3.55. The Morgan fingerprint density at radius 2 is 1.73 bits per heavy atom. The Hall–Kier alpha value is -3.07. The van der Waals surface area contributed by atoms with Gasteiger partial charge in [-0.25, -0.2) is 8.42 Å². The molecule has 0 aliphatic carbocycles. The minimum Gasteiger partial charge on any atom is -0.378 e. The summed E-state index contributed by atoms with van der Waals surface area (Å²) in [7, 11) is 0.448. The van der Waals surface area contributed by atoms with Crippen LogP contribution in [0.4, 0.5) is 17.1 Å². The zero-order chi connectivity index (χ0) is 23.6. The van der Waals surface area contributed by atoms with E-state index in [1.165, 1.54) is 4.31 Å². The Bertz CT molecular complexity index is 1260. The Morgan fingerprint density at radius 3 is 2.36 bits per heavy atom. The number of nitrogens with zero attached hydrogens (tertiary/aromatic N) is 2. The lowest BCUT2D eigenvalue weighted by atomic mass is 10.0. The molecule has 0 bridgehead atoms. The van der Waals surface area contributed by atoms with Crippen LogP contribution in [-0.4, -0.2) is 47.5 Å². The molecule has 3 aromatic carbocycles. The molecular weight excluding hydrogens is 462 g/mol. The fraction of sp³-hybridized carbons (Fsp3) is 0.208. The maximum atomic E-state index is 12.8. The van der Waals surface area contributed by atoms with Crippen LogP contribution in [0.3, 0.4) is 0 Å². The van der Waals surface area contributed by atoms with Crippen LogP contribution in [0.1, 0.15) is 10.4 Å². The molecule has 1 saturated heterocycles. The van der Waals surface area contributed by atoms with Crippen molar-refractivity contribution in [3.05, 3.63) is 77.3 Å². The molecule has 0 unspecified atom stereocenters. The van der Waals surface area contributed by atoms with E-state index in [9.17, 15) is 13.2 Å². The first kappa shape index (κ1) is 23.1. The number of ether oxygens (including phenoxy) is 1. The van der Waals surface area contributed by atoms with E-state index in [1.54, 1.807) is 36.4 Å². The summed E-state index contributed by atoms with van der Waals surface area (Å²) >= 11 is 6.42. The number of rotatable bonds is 5. The average molecular weight is 486 g/mol. The van der Waals surface area contributed by atoms with Crippen molar-refractivity contribution in [1.29, 1.82) is 0 Å². The first-order chi connectivity index (χ1) is 15.7. The molecule has 3 aromatic rings. The SMILES string of the molecule is CN(C)c1ccc(-c2cc(NC(=O)c3ccc(N4CCOCS4(=O)=O)cc3)ccc2Cl)cc1. The van der Waals surface area contributed by atoms with E-state index in [0.717, 1.165) is 16.8 Å². The minimum atomic E-state index is -3.51. The molecule has 1 aliphatic rings. The molecule has 0 spiro atoms. The number of halogens is 1. The summed E-state index contributed by atoms with van der Waals surface area (Å²) < 4.78 is 30.7. The van der Waals surface area contributed by atoms with Gasteiger partial charge in [-0.3, -0.25) is 9.10 Å². The lowest BCUT2D eigenvalue weighted by molar-refractivity contribution is 0.102. The van der Waals surface area contributed by atoms with Crippen LogP contribution in [0.5, 0.6) is 0 Å². The van der Waals surface area contributed by atoms with Gasteiger partial charge in [0.15, 0.2) is 5.94 Å². The Morgan fingerprint density at radius 1 is 1.03 bits per heavy atom. The summed E-state index contributed by atoms with van der Waals surface area (Å²) in [5.41, 5.74) is 4.36. The summed E-state index contributed by atoms with van der Waals surface area (Å²) in [5.74, 6) is -0.644. The second-order valence-electron chi connectivity index (χ2n) is 7.85. The number of carbonyl (C=O) groups is 1. The molecule has 1 fully saturated rings. The maximum Gasteiger partial charge on any atom is 0.259 e. The van der Waals surface area contributed by atoms with Crippen LogP contribution in [0.25, 0.3) is 11.1 Å². The van der Waals surface area contributed by atoms with Crippen molar-refractivity contribution >= 4 is 44.6 Å². The predicted octanol–water partition coefficient (Wildman–Crippen LogP) is 4.45. The second kappa shape index (κ2) is 9.43. The van der Waals surface area contributed by atoms with E-state index in [2.05, 4.69) is 5.32 Å². The summed E-state index contributed by atoms with van der Waals surface area (Å²) in [6, 6.07) is 19.8. The Balaban J connectivity index is 1.51. The molecule has 172 valence electrons. The van der Waals surface area contributed by atoms with Crippen molar-refractivity contribution in [2.24, 2.45) is 0 Å². The van der Waals surface area contributed by atoms with Crippen LogP contribution in [0.2, 0.25) is 5.02 Å². The molecule has 1 aliphatic heterocycles. The molecule has 0 radical (unpaired) electrons. The van der Waals surface area contributed by atoms with Gasteiger partial charge in [0.05, 0.1) is 18.8 Å². The molecule has 1 heterocycles. The third-order valence-corrected chi connectivity index (χ3v) is 7.20. The highest BCUT2D eigenvalue weighted by Crippen LogP contribution is 2.32. The standard InChI is InChI=1S/C24H24ClN3O4S/c1-27(2)20-8-3-17(4-9-20)22-15-19(7-12-23(22)25)26-24(29)18-5-10-21(11-6-18)28-13-14-32-16-33(28,30)31/h3-12,15H,13-14,16H2,1-2H3,(H,26,29). The van der Waals surface area contributed by atoms with Crippen molar-refractivity contribution in [1.82, 2.24) is 0 Å². The topological polar surface area (TPSA) is 79.0 Å². The van der Waals surface area contributed by atoms with Crippen LogP contribution < -0.4 is 14.5 Å². The van der Waals surface area contributed by atoms with E-state index in [4.69, 9.17) is 16.3 Å². The van der Waals surface area contributed by atoms with Crippen LogP contribution in [0.15, 0.2) is 66.7 Å². The molecule has 33 heavy (non-hydrogen) atoms. The van der Waals surface area contributed by atoms with Gasteiger partial charge in [0.2, 0.25) is 0 Å². The zero-order valence-corrected chi connectivity index (χ0v) is 19.9. The van der Waals surface area contributed by atoms with Gasteiger partial charge in [-0.2, -0.15) is 0 Å². The highest BCUT2D eigenvalue weighted by molar-refractivity contribution is 7.92. The molecule has 0 saturated carbocycles. The summed E-state index contributed by atoms with van der Waals surface area (Å²) in [4.78, 5) is 14.8. The molecule has 0 atom stereocenters. The van der Waals surface area contributed by atoms with Gasteiger partial charge in [-0.1, -0.05) is 23.7 Å². The zero-order valence-electron chi connectivity index (χ0n) is 18.3. The van der Waals surface area contributed by atoms with Crippen molar-refractivity contribution in [3.63, 3.8) is 0 Å². The number of anilines is 3. The van der Waals surface area contributed by atoms with Gasteiger partial charge in [0, 0.05) is 41.6 Å². The van der Waals surface area contributed by atoms with Crippen LogP contribution in [0, 0.1) is 0 Å².